The minimum absolute atomic E-state index is 0.101. The summed E-state index contributed by atoms with van der Waals surface area (Å²) in [6.07, 6.45) is 5.39. The van der Waals surface area contributed by atoms with E-state index >= 15 is 0 Å². The number of ether oxygens (including phenoxy) is 3. The third-order valence-corrected chi connectivity index (χ3v) is 5.73. The van der Waals surface area contributed by atoms with Gasteiger partial charge in [0.1, 0.15) is 11.7 Å². The standard InChI is InChI=1S/C24H23NO5/c1-4-14-25-20-9-7-6-8-18(20)24(23(25)27)19(22(26)29-5-2)15-21(30-24)16-10-12-17(28-3)13-11-16/h1,6-13,19,21H,5,14-15H2,2-3H3/t19?,21-,24-/m1/s1. The van der Waals surface area contributed by atoms with Crippen LogP contribution in [0.2, 0.25) is 0 Å². The molecule has 2 heterocycles. The van der Waals surface area contributed by atoms with E-state index in [0.717, 1.165) is 11.3 Å². The molecular weight excluding hydrogens is 382 g/mol. The van der Waals surface area contributed by atoms with Crippen molar-refractivity contribution in [2.75, 3.05) is 25.2 Å². The molecule has 2 aromatic carbocycles. The molecule has 0 saturated carbocycles. The van der Waals surface area contributed by atoms with Crippen molar-refractivity contribution < 1.29 is 23.8 Å². The van der Waals surface area contributed by atoms with Crippen molar-refractivity contribution in [3.63, 3.8) is 0 Å². The van der Waals surface area contributed by atoms with Crippen molar-refractivity contribution in [1.82, 2.24) is 0 Å². The number of hydrogen-bond donors (Lipinski definition) is 0. The quantitative estimate of drug-likeness (QED) is 0.565. The molecule has 4 rings (SSSR count). The molecule has 1 saturated heterocycles. The summed E-state index contributed by atoms with van der Waals surface area (Å²) in [6.45, 7) is 2.07. The maximum absolute atomic E-state index is 13.7. The van der Waals surface area contributed by atoms with Crippen LogP contribution in [0.4, 0.5) is 5.69 Å². The first-order valence-corrected chi connectivity index (χ1v) is 9.90. The molecular formula is C24H23NO5. The number of rotatable bonds is 5. The predicted octanol–water partition coefficient (Wildman–Crippen LogP) is 3.21. The Labute approximate surface area is 175 Å². The van der Waals surface area contributed by atoms with Gasteiger partial charge < -0.3 is 14.2 Å². The molecule has 0 bridgehead atoms. The molecule has 30 heavy (non-hydrogen) atoms. The minimum atomic E-state index is -1.45. The number of carbonyl (C=O) groups excluding carboxylic acids is 2. The maximum Gasteiger partial charge on any atom is 0.312 e. The van der Waals surface area contributed by atoms with Crippen LogP contribution < -0.4 is 9.64 Å². The Morgan fingerprint density at radius 3 is 2.67 bits per heavy atom. The number of esters is 1. The second-order valence-electron chi connectivity index (χ2n) is 7.27. The number of hydrogen-bond acceptors (Lipinski definition) is 5. The molecule has 3 atom stereocenters. The maximum atomic E-state index is 13.7. The van der Waals surface area contributed by atoms with E-state index in [4.69, 9.17) is 20.6 Å². The fourth-order valence-corrected chi connectivity index (χ4v) is 4.41. The van der Waals surface area contributed by atoms with Gasteiger partial charge in [0.25, 0.3) is 5.91 Å². The monoisotopic (exact) mass is 405 g/mol. The van der Waals surface area contributed by atoms with Gasteiger partial charge in [-0.25, -0.2) is 0 Å². The summed E-state index contributed by atoms with van der Waals surface area (Å²) in [5, 5.41) is 0. The van der Waals surface area contributed by atoms with Gasteiger partial charge in [-0.3, -0.25) is 14.5 Å². The first-order chi connectivity index (χ1) is 14.6. The zero-order valence-electron chi connectivity index (χ0n) is 17.0. The number of methoxy groups -OCH3 is 1. The Hall–Kier alpha value is -3.30. The lowest BCUT2D eigenvalue weighted by atomic mass is 9.81. The van der Waals surface area contributed by atoms with Gasteiger partial charge in [0.2, 0.25) is 0 Å². The van der Waals surface area contributed by atoms with E-state index in [1.54, 1.807) is 14.0 Å². The molecule has 0 aliphatic carbocycles. The molecule has 154 valence electrons. The number of benzene rings is 2. The van der Waals surface area contributed by atoms with Crippen molar-refractivity contribution in [1.29, 1.82) is 0 Å². The highest BCUT2D eigenvalue weighted by Gasteiger charge is 2.64. The van der Waals surface area contributed by atoms with Crippen molar-refractivity contribution in [3.05, 3.63) is 59.7 Å². The van der Waals surface area contributed by atoms with Crippen LogP contribution in [-0.4, -0.2) is 32.1 Å². The summed E-state index contributed by atoms with van der Waals surface area (Å²) in [5.74, 6) is 1.70. The highest BCUT2D eigenvalue weighted by molar-refractivity contribution is 6.09. The highest BCUT2D eigenvalue weighted by atomic mass is 16.6. The zero-order valence-corrected chi connectivity index (χ0v) is 17.0. The minimum Gasteiger partial charge on any atom is -0.497 e. The average molecular weight is 405 g/mol. The number of carbonyl (C=O) groups is 2. The van der Waals surface area contributed by atoms with E-state index in [9.17, 15) is 9.59 Å². The lowest BCUT2D eigenvalue weighted by Gasteiger charge is -2.28. The van der Waals surface area contributed by atoms with Gasteiger partial charge in [-0.15, -0.1) is 6.42 Å². The molecule has 1 unspecified atom stereocenters. The lowest BCUT2D eigenvalue weighted by Crippen LogP contribution is -2.47. The molecule has 0 N–H and O–H groups in total. The largest absolute Gasteiger partial charge is 0.497 e. The third-order valence-electron chi connectivity index (χ3n) is 5.73. The van der Waals surface area contributed by atoms with Gasteiger partial charge >= 0.3 is 5.97 Å². The van der Waals surface area contributed by atoms with Crippen molar-refractivity contribution in [3.8, 4) is 18.1 Å². The molecule has 0 radical (unpaired) electrons. The van der Waals surface area contributed by atoms with E-state index in [-0.39, 0.29) is 19.1 Å². The smallest absolute Gasteiger partial charge is 0.312 e. The van der Waals surface area contributed by atoms with Crippen LogP contribution in [0.15, 0.2) is 48.5 Å². The van der Waals surface area contributed by atoms with Gasteiger partial charge in [-0.2, -0.15) is 0 Å². The molecule has 6 heteroatoms. The van der Waals surface area contributed by atoms with Crippen molar-refractivity contribution in [2.24, 2.45) is 5.92 Å². The number of nitrogens with zero attached hydrogens (tertiary/aromatic N) is 1. The van der Waals surface area contributed by atoms with Gasteiger partial charge in [0.15, 0.2) is 5.60 Å². The first kappa shape index (κ1) is 20.0. The Kier molecular flexibility index (Phi) is 5.23. The van der Waals surface area contributed by atoms with Crippen LogP contribution in [0.25, 0.3) is 0 Å². The lowest BCUT2D eigenvalue weighted by molar-refractivity contribution is -0.163. The molecule has 6 nitrogen and oxygen atoms in total. The second-order valence-corrected chi connectivity index (χ2v) is 7.27. The van der Waals surface area contributed by atoms with Crippen LogP contribution >= 0.6 is 0 Å². The number of terminal acetylenes is 1. The van der Waals surface area contributed by atoms with E-state index in [1.165, 1.54) is 4.90 Å². The first-order valence-electron chi connectivity index (χ1n) is 9.90. The highest BCUT2D eigenvalue weighted by Crippen LogP contribution is 2.56. The summed E-state index contributed by atoms with van der Waals surface area (Å²) in [5.41, 5.74) is 0.733. The van der Waals surface area contributed by atoms with Crippen LogP contribution in [0.3, 0.4) is 0 Å². The molecule has 2 aliphatic rings. The van der Waals surface area contributed by atoms with Gasteiger partial charge in [0.05, 0.1) is 32.1 Å². The normalized spacial score (nSPS) is 24.6. The second kappa shape index (κ2) is 7.85. The van der Waals surface area contributed by atoms with Crippen LogP contribution in [0.5, 0.6) is 5.75 Å². The number of amides is 1. The molecule has 1 fully saturated rings. The molecule has 0 aromatic heterocycles. The van der Waals surface area contributed by atoms with E-state index in [0.29, 0.717) is 17.7 Å². The Morgan fingerprint density at radius 1 is 1.27 bits per heavy atom. The van der Waals surface area contributed by atoms with Gasteiger partial charge in [0, 0.05) is 5.56 Å². The Balaban J connectivity index is 1.81. The third kappa shape index (κ3) is 2.94. The topological polar surface area (TPSA) is 65.1 Å². The summed E-state index contributed by atoms with van der Waals surface area (Å²) < 4.78 is 17.0. The number of para-hydroxylation sites is 1. The summed E-state index contributed by atoms with van der Waals surface area (Å²) in [7, 11) is 1.60. The van der Waals surface area contributed by atoms with Crippen molar-refractivity contribution >= 4 is 17.6 Å². The summed E-state index contributed by atoms with van der Waals surface area (Å²) in [4.78, 5) is 28.1. The number of fused-ring (bicyclic) bond motifs is 2. The van der Waals surface area contributed by atoms with Gasteiger partial charge in [-0.1, -0.05) is 36.3 Å². The van der Waals surface area contributed by atoms with Crippen molar-refractivity contribution in [2.45, 2.75) is 25.0 Å². The van der Waals surface area contributed by atoms with Crippen LogP contribution in [0.1, 0.15) is 30.6 Å². The zero-order chi connectivity index (χ0) is 21.3. The van der Waals surface area contributed by atoms with E-state index in [2.05, 4.69) is 5.92 Å². The molecule has 2 aromatic rings. The SMILES string of the molecule is C#CCN1C(=O)[C@@]2(O[C@@H](c3ccc(OC)cc3)CC2C(=O)OCC)c2ccccc21. The molecule has 2 aliphatic heterocycles. The summed E-state index contributed by atoms with van der Waals surface area (Å²) in [6, 6.07) is 14.8. The Bertz CT molecular complexity index is 1010. The fraction of sp³-hybridized carbons (Fsp3) is 0.333. The predicted molar refractivity (Wildman–Crippen MR) is 111 cm³/mol. The van der Waals surface area contributed by atoms with Crippen LogP contribution in [0, 0.1) is 18.3 Å². The number of anilines is 1. The average Bonchev–Trinajstić information content (AvgIpc) is 3.28. The molecule has 1 spiro atoms. The van der Waals surface area contributed by atoms with Gasteiger partial charge in [-0.05, 0) is 37.1 Å². The summed E-state index contributed by atoms with van der Waals surface area (Å²) >= 11 is 0. The molecule has 1 amide bonds. The Morgan fingerprint density at radius 2 is 2.00 bits per heavy atom. The van der Waals surface area contributed by atoms with E-state index in [1.807, 2.05) is 48.5 Å². The van der Waals surface area contributed by atoms with E-state index < -0.39 is 23.6 Å². The fourth-order valence-electron chi connectivity index (χ4n) is 4.41. The van der Waals surface area contributed by atoms with Crippen LogP contribution in [-0.2, 0) is 24.7 Å².